The number of likely N-dealkylation sites (N-methyl/N-ethyl adjacent to an activating group) is 1. The monoisotopic (exact) mass is 233 g/mol. The first-order valence-electron chi connectivity index (χ1n) is 6.53. The molecule has 17 heavy (non-hydrogen) atoms. The molecule has 0 aliphatic heterocycles. The fraction of sp³-hybridized carbons (Fsp3) is 0.600. The summed E-state index contributed by atoms with van der Waals surface area (Å²) in [6.07, 6.45) is 3.91. The van der Waals surface area contributed by atoms with Crippen molar-refractivity contribution in [2.75, 3.05) is 20.7 Å². The molecule has 2 nitrogen and oxygen atoms in total. The largest absolute Gasteiger partial charge is 0.497 e. The number of rotatable bonds is 5. The van der Waals surface area contributed by atoms with Crippen molar-refractivity contribution in [2.45, 2.75) is 31.6 Å². The van der Waals surface area contributed by atoms with E-state index in [1.807, 2.05) is 13.1 Å². The van der Waals surface area contributed by atoms with E-state index >= 15 is 0 Å². The van der Waals surface area contributed by atoms with Gasteiger partial charge in [-0.3, -0.25) is 0 Å². The fourth-order valence-corrected chi connectivity index (χ4v) is 3.11. The molecule has 1 aliphatic carbocycles. The van der Waals surface area contributed by atoms with Crippen molar-refractivity contribution in [3.8, 4) is 5.75 Å². The van der Waals surface area contributed by atoms with E-state index < -0.39 is 0 Å². The zero-order valence-corrected chi connectivity index (χ0v) is 11.1. The molecule has 0 unspecified atom stereocenters. The zero-order valence-electron chi connectivity index (χ0n) is 11.1. The van der Waals surface area contributed by atoms with Crippen LogP contribution in [0.2, 0.25) is 0 Å². The van der Waals surface area contributed by atoms with E-state index in [9.17, 15) is 0 Å². The average molecular weight is 233 g/mol. The van der Waals surface area contributed by atoms with Crippen LogP contribution in [0.25, 0.3) is 0 Å². The quantitative estimate of drug-likeness (QED) is 0.844. The van der Waals surface area contributed by atoms with Crippen molar-refractivity contribution < 1.29 is 4.74 Å². The second-order valence-electron chi connectivity index (χ2n) is 5.23. The molecule has 94 valence electrons. The summed E-state index contributed by atoms with van der Waals surface area (Å²) in [6, 6.07) is 8.56. The first-order valence-corrected chi connectivity index (χ1v) is 6.53. The summed E-state index contributed by atoms with van der Waals surface area (Å²) < 4.78 is 5.33. The highest BCUT2D eigenvalue weighted by Crippen LogP contribution is 2.49. The van der Waals surface area contributed by atoms with Crippen molar-refractivity contribution in [3.05, 3.63) is 29.8 Å². The van der Waals surface area contributed by atoms with Crippen LogP contribution >= 0.6 is 0 Å². The van der Waals surface area contributed by atoms with Gasteiger partial charge >= 0.3 is 0 Å². The molecule has 1 saturated carbocycles. The van der Waals surface area contributed by atoms with Crippen LogP contribution in [-0.2, 0) is 5.41 Å². The van der Waals surface area contributed by atoms with Crippen LogP contribution < -0.4 is 10.1 Å². The molecule has 1 N–H and O–H groups in total. The molecule has 0 radical (unpaired) electrons. The number of methoxy groups -OCH3 is 1. The first-order chi connectivity index (χ1) is 8.24. The third kappa shape index (κ3) is 2.32. The van der Waals surface area contributed by atoms with Crippen molar-refractivity contribution >= 4 is 0 Å². The Morgan fingerprint density at radius 3 is 2.76 bits per heavy atom. The summed E-state index contributed by atoms with van der Waals surface area (Å²) in [5, 5.41) is 3.35. The summed E-state index contributed by atoms with van der Waals surface area (Å²) in [5.41, 5.74) is 1.76. The molecule has 0 bridgehead atoms. The van der Waals surface area contributed by atoms with E-state index in [4.69, 9.17) is 4.74 Å². The Morgan fingerprint density at radius 2 is 2.18 bits per heavy atom. The Kier molecular flexibility index (Phi) is 3.72. The Labute approximate surface area is 104 Å². The van der Waals surface area contributed by atoms with Gasteiger partial charge in [-0.25, -0.2) is 0 Å². The maximum Gasteiger partial charge on any atom is 0.119 e. The SMILES string of the molecule is CCC1CC(CNC)(c2cccc(OC)c2)C1. The van der Waals surface area contributed by atoms with Gasteiger partial charge in [0, 0.05) is 12.0 Å². The van der Waals surface area contributed by atoms with Gasteiger partial charge in [-0.1, -0.05) is 25.5 Å². The van der Waals surface area contributed by atoms with Gasteiger partial charge in [-0.05, 0) is 43.5 Å². The number of benzene rings is 1. The Morgan fingerprint density at radius 1 is 1.41 bits per heavy atom. The Hall–Kier alpha value is -1.02. The van der Waals surface area contributed by atoms with E-state index in [1.165, 1.54) is 24.8 Å². The molecule has 1 fully saturated rings. The van der Waals surface area contributed by atoms with Crippen LogP contribution in [0.3, 0.4) is 0 Å². The lowest BCUT2D eigenvalue weighted by molar-refractivity contribution is 0.136. The van der Waals surface area contributed by atoms with Crippen LogP contribution in [0.4, 0.5) is 0 Å². The summed E-state index contributed by atoms with van der Waals surface area (Å²) in [4.78, 5) is 0. The highest BCUT2D eigenvalue weighted by atomic mass is 16.5. The van der Waals surface area contributed by atoms with Crippen LogP contribution in [0.15, 0.2) is 24.3 Å². The predicted octanol–water partition coefficient (Wildman–Crippen LogP) is 2.97. The van der Waals surface area contributed by atoms with Crippen LogP contribution in [0, 0.1) is 5.92 Å². The van der Waals surface area contributed by atoms with Gasteiger partial charge in [-0.2, -0.15) is 0 Å². The molecule has 1 aliphatic rings. The van der Waals surface area contributed by atoms with Gasteiger partial charge in [-0.15, -0.1) is 0 Å². The minimum Gasteiger partial charge on any atom is -0.497 e. The molecular weight excluding hydrogens is 210 g/mol. The number of ether oxygens (including phenoxy) is 1. The molecule has 2 rings (SSSR count). The number of hydrogen-bond acceptors (Lipinski definition) is 2. The maximum atomic E-state index is 5.33. The lowest BCUT2D eigenvalue weighted by atomic mass is 9.58. The molecule has 0 atom stereocenters. The highest BCUT2D eigenvalue weighted by Gasteiger charge is 2.43. The van der Waals surface area contributed by atoms with Gasteiger partial charge in [0.2, 0.25) is 0 Å². The van der Waals surface area contributed by atoms with Gasteiger partial charge in [0.25, 0.3) is 0 Å². The minimum absolute atomic E-state index is 0.337. The molecule has 2 heteroatoms. The predicted molar refractivity (Wildman–Crippen MR) is 71.6 cm³/mol. The number of nitrogens with one attached hydrogen (secondary N) is 1. The van der Waals surface area contributed by atoms with E-state index in [-0.39, 0.29) is 0 Å². The van der Waals surface area contributed by atoms with Gasteiger partial charge in [0.05, 0.1) is 7.11 Å². The van der Waals surface area contributed by atoms with Crippen LogP contribution in [0.1, 0.15) is 31.7 Å². The highest BCUT2D eigenvalue weighted by molar-refractivity contribution is 5.36. The molecule has 0 amide bonds. The van der Waals surface area contributed by atoms with Gasteiger partial charge in [0.15, 0.2) is 0 Å². The Balaban J connectivity index is 2.21. The summed E-state index contributed by atoms with van der Waals surface area (Å²) >= 11 is 0. The Bertz CT molecular complexity index is 369. The van der Waals surface area contributed by atoms with Crippen LogP contribution in [0.5, 0.6) is 5.75 Å². The topological polar surface area (TPSA) is 21.3 Å². The summed E-state index contributed by atoms with van der Waals surface area (Å²) in [5.74, 6) is 1.87. The average Bonchev–Trinajstić information content (AvgIpc) is 2.33. The molecule has 0 heterocycles. The first kappa shape index (κ1) is 12.4. The lowest BCUT2D eigenvalue weighted by Gasteiger charge is -2.48. The van der Waals surface area contributed by atoms with Crippen molar-refractivity contribution in [1.82, 2.24) is 5.32 Å². The molecule has 0 spiro atoms. The van der Waals surface area contributed by atoms with E-state index in [2.05, 4.69) is 30.4 Å². The molecule has 0 aromatic heterocycles. The molecule has 1 aromatic rings. The minimum atomic E-state index is 0.337. The third-order valence-corrected chi connectivity index (χ3v) is 4.13. The smallest absolute Gasteiger partial charge is 0.119 e. The third-order valence-electron chi connectivity index (χ3n) is 4.13. The fourth-order valence-electron chi connectivity index (χ4n) is 3.11. The standard InChI is InChI=1S/C15H23NO/c1-4-12-9-15(10-12,11-16-2)13-6-5-7-14(8-13)17-3/h5-8,12,16H,4,9-11H2,1-3H3. The van der Waals surface area contributed by atoms with Gasteiger partial charge < -0.3 is 10.1 Å². The lowest BCUT2D eigenvalue weighted by Crippen LogP contribution is -2.47. The summed E-state index contributed by atoms with van der Waals surface area (Å²) in [7, 11) is 3.78. The van der Waals surface area contributed by atoms with Crippen molar-refractivity contribution in [3.63, 3.8) is 0 Å². The van der Waals surface area contributed by atoms with Gasteiger partial charge in [0.1, 0.15) is 5.75 Å². The van der Waals surface area contributed by atoms with Crippen LogP contribution in [-0.4, -0.2) is 20.7 Å². The molecular formula is C15H23NO. The van der Waals surface area contributed by atoms with Crippen molar-refractivity contribution in [2.24, 2.45) is 5.92 Å². The number of hydrogen-bond donors (Lipinski definition) is 1. The molecule has 0 saturated heterocycles. The second-order valence-corrected chi connectivity index (χ2v) is 5.23. The van der Waals surface area contributed by atoms with E-state index in [0.29, 0.717) is 5.41 Å². The van der Waals surface area contributed by atoms with E-state index in [1.54, 1.807) is 7.11 Å². The van der Waals surface area contributed by atoms with E-state index in [0.717, 1.165) is 18.2 Å². The normalized spacial score (nSPS) is 27.6. The van der Waals surface area contributed by atoms with Crippen molar-refractivity contribution in [1.29, 1.82) is 0 Å². The maximum absolute atomic E-state index is 5.33. The molecule has 1 aromatic carbocycles. The second kappa shape index (κ2) is 5.09. The summed E-state index contributed by atoms with van der Waals surface area (Å²) in [6.45, 7) is 3.36. The zero-order chi connectivity index (χ0) is 12.3.